The number of hydrogen-bond donors (Lipinski definition) is 2. The average Bonchev–Trinajstić information content (AvgIpc) is 3.09. The van der Waals surface area contributed by atoms with Crippen molar-refractivity contribution in [3.05, 3.63) is 28.3 Å². The minimum Gasteiger partial charge on any atom is -0.323 e. The molecule has 1 aromatic rings. The maximum Gasteiger partial charge on any atom is 0.270 e. The fourth-order valence-electron chi connectivity index (χ4n) is 3.26. The van der Waals surface area contributed by atoms with Gasteiger partial charge in [-0.1, -0.05) is 0 Å². The number of nitrogens with zero attached hydrogens (tertiary/aromatic N) is 2. The Morgan fingerprint density at radius 2 is 2.14 bits per heavy atom. The first-order valence-corrected chi connectivity index (χ1v) is 8.14. The van der Waals surface area contributed by atoms with E-state index < -0.39 is 14.9 Å². The average molecular weight is 312 g/mol. The van der Waals surface area contributed by atoms with Crippen molar-refractivity contribution in [3.63, 3.8) is 0 Å². The molecule has 0 amide bonds. The first-order valence-electron chi connectivity index (χ1n) is 6.70. The van der Waals surface area contributed by atoms with E-state index in [-0.39, 0.29) is 22.3 Å². The molecule has 0 spiro atoms. The van der Waals surface area contributed by atoms with Crippen LogP contribution in [-0.4, -0.2) is 30.2 Å². The molecule has 2 fully saturated rings. The maximum atomic E-state index is 12.8. The van der Waals surface area contributed by atoms with Crippen molar-refractivity contribution < 1.29 is 13.3 Å². The molecule has 2 atom stereocenters. The quantitative estimate of drug-likeness (QED) is 0.487. The standard InChI is InChI=1S/C12H16N4O4S/c13-14-11-4-3-10(16(17)18)6-12(11)21(19,20)15-7-8-1-2-9(15)5-8/h3-4,6,8-9,14H,1-2,5,7,13H2. The van der Waals surface area contributed by atoms with Crippen LogP contribution in [-0.2, 0) is 10.0 Å². The van der Waals surface area contributed by atoms with Gasteiger partial charge in [0.15, 0.2) is 0 Å². The van der Waals surface area contributed by atoms with Crippen molar-refractivity contribution in [2.24, 2.45) is 11.8 Å². The van der Waals surface area contributed by atoms with Crippen molar-refractivity contribution >= 4 is 21.4 Å². The molecule has 1 aliphatic heterocycles. The highest BCUT2D eigenvalue weighted by molar-refractivity contribution is 7.89. The fraction of sp³-hybridized carbons (Fsp3) is 0.500. The largest absolute Gasteiger partial charge is 0.323 e. The first kappa shape index (κ1) is 14.2. The number of anilines is 1. The van der Waals surface area contributed by atoms with E-state index in [1.54, 1.807) is 0 Å². The van der Waals surface area contributed by atoms with Gasteiger partial charge in [-0.2, -0.15) is 4.31 Å². The van der Waals surface area contributed by atoms with Gasteiger partial charge in [-0.25, -0.2) is 8.42 Å². The predicted molar refractivity (Wildman–Crippen MR) is 75.9 cm³/mol. The van der Waals surface area contributed by atoms with Gasteiger partial charge in [-0.05, 0) is 31.2 Å². The number of benzene rings is 1. The van der Waals surface area contributed by atoms with E-state index in [1.807, 2.05) is 0 Å². The highest BCUT2D eigenvalue weighted by atomic mass is 32.2. The van der Waals surface area contributed by atoms with E-state index in [1.165, 1.54) is 16.4 Å². The summed E-state index contributed by atoms with van der Waals surface area (Å²) in [5, 5.41) is 10.9. The molecule has 114 valence electrons. The fourth-order valence-corrected chi connectivity index (χ4v) is 5.18. The lowest BCUT2D eigenvalue weighted by Gasteiger charge is -2.26. The second-order valence-corrected chi connectivity index (χ2v) is 7.35. The normalized spacial score (nSPS) is 25.2. The van der Waals surface area contributed by atoms with E-state index in [0.717, 1.165) is 25.3 Å². The topological polar surface area (TPSA) is 119 Å². The molecule has 0 radical (unpaired) electrons. The van der Waals surface area contributed by atoms with Gasteiger partial charge in [0.25, 0.3) is 5.69 Å². The van der Waals surface area contributed by atoms with Gasteiger partial charge in [0.1, 0.15) is 4.90 Å². The Balaban J connectivity index is 2.05. The number of nitro groups is 1. The van der Waals surface area contributed by atoms with Crippen LogP contribution in [0.5, 0.6) is 0 Å². The van der Waals surface area contributed by atoms with Gasteiger partial charge in [0.05, 0.1) is 10.6 Å². The van der Waals surface area contributed by atoms with E-state index in [2.05, 4.69) is 5.43 Å². The Morgan fingerprint density at radius 1 is 1.38 bits per heavy atom. The number of hydrogen-bond acceptors (Lipinski definition) is 6. The van der Waals surface area contributed by atoms with Gasteiger partial charge in [0, 0.05) is 24.7 Å². The number of nitrogen functional groups attached to an aromatic ring is 1. The minimum absolute atomic E-state index is 0.00452. The van der Waals surface area contributed by atoms with Crippen molar-refractivity contribution in [2.45, 2.75) is 30.2 Å². The lowest BCUT2D eigenvalue weighted by molar-refractivity contribution is -0.385. The van der Waals surface area contributed by atoms with Gasteiger partial charge in [-0.3, -0.25) is 16.0 Å². The van der Waals surface area contributed by atoms with E-state index >= 15 is 0 Å². The van der Waals surface area contributed by atoms with Gasteiger partial charge in [-0.15, -0.1) is 0 Å². The number of fused-ring (bicyclic) bond motifs is 2. The molecular formula is C12H16N4O4S. The molecule has 21 heavy (non-hydrogen) atoms. The Kier molecular flexibility index (Phi) is 3.34. The zero-order chi connectivity index (χ0) is 15.2. The van der Waals surface area contributed by atoms with Crippen LogP contribution in [0.2, 0.25) is 0 Å². The van der Waals surface area contributed by atoms with Crippen molar-refractivity contribution in [2.75, 3.05) is 12.0 Å². The molecule has 1 saturated carbocycles. The lowest BCUT2D eigenvalue weighted by atomic mass is 10.1. The van der Waals surface area contributed by atoms with E-state index in [0.29, 0.717) is 12.5 Å². The Morgan fingerprint density at radius 3 is 2.67 bits per heavy atom. The van der Waals surface area contributed by atoms with Crippen LogP contribution in [0, 0.1) is 16.0 Å². The number of nitrogens with two attached hydrogens (primary N) is 1. The summed E-state index contributed by atoms with van der Waals surface area (Å²) in [5.41, 5.74) is 2.21. The summed E-state index contributed by atoms with van der Waals surface area (Å²) >= 11 is 0. The predicted octanol–water partition coefficient (Wildman–Crippen LogP) is 1.05. The number of piperidine rings is 1. The molecule has 0 aromatic heterocycles. The zero-order valence-electron chi connectivity index (χ0n) is 11.2. The number of hydrazine groups is 1. The van der Waals surface area contributed by atoms with E-state index in [9.17, 15) is 18.5 Å². The number of nitrogens with one attached hydrogen (secondary N) is 1. The Hall–Kier alpha value is -1.71. The number of non-ortho nitro benzene ring substituents is 1. The summed E-state index contributed by atoms with van der Waals surface area (Å²) in [4.78, 5) is 10.1. The molecule has 2 bridgehead atoms. The molecule has 2 aliphatic rings. The van der Waals surface area contributed by atoms with Crippen LogP contribution in [0.4, 0.5) is 11.4 Å². The second kappa shape index (κ2) is 4.93. The zero-order valence-corrected chi connectivity index (χ0v) is 12.0. The highest BCUT2D eigenvalue weighted by Crippen LogP contribution is 2.41. The summed E-state index contributed by atoms with van der Waals surface area (Å²) in [5.74, 6) is 5.75. The highest BCUT2D eigenvalue weighted by Gasteiger charge is 2.45. The summed E-state index contributed by atoms with van der Waals surface area (Å²) in [7, 11) is -3.78. The first-order chi connectivity index (χ1) is 9.93. The molecule has 8 nitrogen and oxygen atoms in total. The third-order valence-corrected chi connectivity index (χ3v) is 6.24. The molecule has 2 unspecified atom stereocenters. The van der Waals surface area contributed by atoms with Crippen molar-refractivity contribution in [3.8, 4) is 0 Å². The minimum atomic E-state index is -3.78. The molecule has 1 aliphatic carbocycles. The van der Waals surface area contributed by atoms with Gasteiger partial charge >= 0.3 is 0 Å². The molecule has 1 saturated heterocycles. The number of nitro benzene ring substituents is 1. The number of sulfonamides is 1. The lowest BCUT2D eigenvalue weighted by Crippen LogP contribution is -2.38. The third kappa shape index (κ3) is 2.27. The summed E-state index contributed by atoms with van der Waals surface area (Å²) < 4.78 is 27.0. The molecule has 3 N–H and O–H groups in total. The second-order valence-electron chi connectivity index (χ2n) is 5.49. The molecule has 1 aromatic carbocycles. The molecule has 3 rings (SSSR count). The SMILES string of the molecule is NNc1ccc([N+](=O)[O-])cc1S(=O)(=O)N1CC2CCC1C2. The van der Waals surface area contributed by atoms with Crippen LogP contribution < -0.4 is 11.3 Å². The van der Waals surface area contributed by atoms with E-state index in [4.69, 9.17) is 5.84 Å². The van der Waals surface area contributed by atoms with Crippen LogP contribution in [0.25, 0.3) is 0 Å². The van der Waals surface area contributed by atoms with Crippen LogP contribution in [0.1, 0.15) is 19.3 Å². The van der Waals surface area contributed by atoms with Crippen LogP contribution >= 0.6 is 0 Å². The third-order valence-electron chi connectivity index (χ3n) is 4.28. The Labute approximate surface area is 122 Å². The Bertz CT molecular complexity index is 690. The molecule has 1 heterocycles. The molecular weight excluding hydrogens is 296 g/mol. The van der Waals surface area contributed by atoms with Crippen molar-refractivity contribution in [1.82, 2.24) is 4.31 Å². The van der Waals surface area contributed by atoms with Crippen LogP contribution in [0.3, 0.4) is 0 Å². The van der Waals surface area contributed by atoms with Gasteiger partial charge < -0.3 is 5.43 Å². The summed E-state index contributed by atoms with van der Waals surface area (Å²) in [6.07, 6.45) is 2.78. The smallest absolute Gasteiger partial charge is 0.270 e. The van der Waals surface area contributed by atoms with Gasteiger partial charge in [0.2, 0.25) is 10.0 Å². The van der Waals surface area contributed by atoms with Crippen LogP contribution in [0.15, 0.2) is 23.1 Å². The number of rotatable bonds is 4. The van der Waals surface area contributed by atoms with Crippen molar-refractivity contribution in [1.29, 1.82) is 0 Å². The maximum absolute atomic E-state index is 12.8. The summed E-state index contributed by atoms with van der Waals surface area (Å²) in [6.45, 7) is 0.486. The molecule has 9 heteroatoms. The monoisotopic (exact) mass is 312 g/mol. The summed E-state index contributed by atoms with van der Waals surface area (Å²) in [6, 6.07) is 3.62.